The van der Waals surface area contributed by atoms with Gasteiger partial charge in [-0.25, -0.2) is 14.5 Å². The fourth-order valence-electron chi connectivity index (χ4n) is 3.39. The van der Waals surface area contributed by atoms with Crippen molar-refractivity contribution < 1.29 is 4.79 Å². The highest BCUT2D eigenvalue weighted by Gasteiger charge is 2.17. The van der Waals surface area contributed by atoms with Crippen molar-refractivity contribution in [3.05, 3.63) is 96.3 Å². The molecule has 0 saturated heterocycles. The Kier molecular flexibility index (Phi) is 6.07. The molecule has 0 radical (unpaired) electrons. The van der Waals surface area contributed by atoms with Crippen LogP contribution in [0.15, 0.2) is 79.6 Å². The summed E-state index contributed by atoms with van der Waals surface area (Å²) in [4.78, 5) is 18.5. The molecule has 31 heavy (non-hydrogen) atoms. The first-order valence-corrected chi connectivity index (χ1v) is 10.1. The molecule has 2 amide bonds. The van der Waals surface area contributed by atoms with Crippen LogP contribution in [0.1, 0.15) is 29.7 Å². The molecule has 0 saturated carbocycles. The topological polar surface area (TPSA) is 80.9 Å². The molecule has 0 aliphatic carbocycles. The van der Waals surface area contributed by atoms with E-state index < -0.39 is 0 Å². The Balaban J connectivity index is 1.37. The molecule has 4 rings (SSSR count). The second-order valence-corrected chi connectivity index (χ2v) is 7.35. The SMILES string of the molecule is C[C@@H](c1ccc(-n2cncn2)cc1)N(C)C(=O)NCc1ccccc1Cn1cccn1. The summed E-state index contributed by atoms with van der Waals surface area (Å²) >= 11 is 0. The second-order valence-electron chi connectivity index (χ2n) is 7.35. The molecule has 8 nitrogen and oxygen atoms in total. The molecule has 0 aliphatic heterocycles. The van der Waals surface area contributed by atoms with Crippen LogP contribution in [0.5, 0.6) is 0 Å². The quantitative estimate of drug-likeness (QED) is 0.502. The highest BCUT2D eigenvalue weighted by molar-refractivity contribution is 5.74. The van der Waals surface area contributed by atoms with E-state index in [-0.39, 0.29) is 12.1 Å². The monoisotopic (exact) mass is 415 g/mol. The molecule has 8 heteroatoms. The van der Waals surface area contributed by atoms with Crippen molar-refractivity contribution in [2.75, 3.05) is 7.05 Å². The van der Waals surface area contributed by atoms with Gasteiger partial charge >= 0.3 is 6.03 Å². The van der Waals surface area contributed by atoms with Crippen molar-refractivity contribution >= 4 is 6.03 Å². The average Bonchev–Trinajstić information content (AvgIpc) is 3.52. The van der Waals surface area contributed by atoms with Gasteiger partial charge in [-0.05, 0) is 41.8 Å². The Morgan fingerprint density at radius 1 is 1.06 bits per heavy atom. The van der Waals surface area contributed by atoms with E-state index in [4.69, 9.17) is 0 Å². The molecule has 0 bridgehead atoms. The Morgan fingerprint density at radius 3 is 2.52 bits per heavy atom. The van der Waals surface area contributed by atoms with Crippen LogP contribution in [-0.4, -0.2) is 42.5 Å². The highest BCUT2D eigenvalue weighted by Crippen LogP contribution is 2.20. The van der Waals surface area contributed by atoms with E-state index in [1.165, 1.54) is 6.33 Å². The Hall–Kier alpha value is -3.94. The highest BCUT2D eigenvalue weighted by atomic mass is 16.2. The van der Waals surface area contributed by atoms with Gasteiger partial charge in [-0.15, -0.1) is 0 Å². The smallest absolute Gasteiger partial charge is 0.317 e. The number of hydrogen-bond donors (Lipinski definition) is 1. The van der Waals surface area contributed by atoms with Gasteiger partial charge in [0.1, 0.15) is 12.7 Å². The first-order valence-electron chi connectivity index (χ1n) is 10.1. The summed E-state index contributed by atoms with van der Waals surface area (Å²) in [5.41, 5.74) is 4.17. The van der Waals surface area contributed by atoms with Gasteiger partial charge < -0.3 is 10.2 Å². The zero-order valence-electron chi connectivity index (χ0n) is 17.6. The van der Waals surface area contributed by atoms with E-state index in [9.17, 15) is 4.79 Å². The van der Waals surface area contributed by atoms with Crippen molar-refractivity contribution in [2.45, 2.75) is 26.1 Å². The van der Waals surface area contributed by atoms with Crippen LogP contribution in [0.3, 0.4) is 0 Å². The van der Waals surface area contributed by atoms with Crippen LogP contribution >= 0.6 is 0 Å². The number of amides is 2. The molecular weight excluding hydrogens is 390 g/mol. The summed E-state index contributed by atoms with van der Waals surface area (Å²) in [5, 5.41) is 11.4. The maximum absolute atomic E-state index is 12.8. The van der Waals surface area contributed by atoms with E-state index in [0.29, 0.717) is 13.1 Å². The Bertz CT molecular complexity index is 1110. The molecule has 0 unspecified atom stereocenters. The molecule has 2 heterocycles. The minimum Gasteiger partial charge on any atom is -0.334 e. The van der Waals surface area contributed by atoms with E-state index in [1.807, 2.05) is 66.3 Å². The number of carbonyl (C=O) groups is 1. The maximum Gasteiger partial charge on any atom is 0.317 e. The van der Waals surface area contributed by atoms with Gasteiger partial charge in [0.15, 0.2) is 0 Å². The Labute approximate surface area is 181 Å². The molecule has 0 spiro atoms. The van der Waals surface area contributed by atoms with E-state index in [0.717, 1.165) is 22.4 Å². The number of nitrogens with one attached hydrogen (secondary N) is 1. The van der Waals surface area contributed by atoms with Crippen molar-refractivity contribution in [1.29, 1.82) is 0 Å². The number of urea groups is 1. The van der Waals surface area contributed by atoms with Gasteiger partial charge in [-0.1, -0.05) is 36.4 Å². The lowest BCUT2D eigenvalue weighted by molar-refractivity contribution is 0.194. The normalized spacial score (nSPS) is 11.8. The summed E-state index contributed by atoms with van der Waals surface area (Å²) in [6.07, 6.45) is 6.85. The van der Waals surface area contributed by atoms with Crippen molar-refractivity contribution in [3.8, 4) is 5.69 Å². The standard InChI is InChI=1S/C23H25N7O/c1-18(19-8-10-22(11-9-19)30-17-24-16-27-30)28(2)23(31)25-14-20-6-3-4-7-21(20)15-29-13-5-12-26-29/h3-13,16-18H,14-15H2,1-2H3,(H,25,31)/t18-/m0/s1. The van der Waals surface area contributed by atoms with Crippen LogP contribution in [0.4, 0.5) is 4.79 Å². The molecule has 2 aromatic heterocycles. The van der Waals surface area contributed by atoms with Gasteiger partial charge in [0.2, 0.25) is 0 Å². The van der Waals surface area contributed by atoms with Gasteiger partial charge in [-0.2, -0.15) is 10.2 Å². The minimum atomic E-state index is -0.123. The van der Waals surface area contributed by atoms with Crippen molar-refractivity contribution in [1.82, 2.24) is 34.8 Å². The summed E-state index contributed by atoms with van der Waals surface area (Å²) < 4.78 is 3.57. The van der Waals surface area contributed by atoms with Crippen LogP contribution in [0.25, 0.3) is 5.69 Å². The average molecular weight is 416 g/mol. The van der Waals surface area contributed by atoms with Crippen LogP contribution in [0.2, 0.25) is 0 Å². The largest absolute Gasteiger partial charge is 0.334 e. The predicted octanol–water partition coefficient (Wildman–Crippen LogP) is 3.41. The summed E-state index contributed by atoms with van der Waals surface area (Å²) in [6.45, 7) is 3.14. The lowest BCUT2D eigenvalue weighted by Crippen LogP contribution is -2.38. The molecule has 4 aromatic rings. The first kappa shape index (κ1) is 20.3. The van der Waals surface area contributed by atoms with Crippen LogP contribution < -0.4 is 5.32 Å². The number of carbonyl (C=O) groups excluding carboxylic acids is 1. The lowest BCUT2D eigenvalue weighted by atomic mass is 10.1. The first-order chi connectivity index (χ1) is 15.1. The number of aromatic nitrogens is 5. The Morgan fingerprint density at radius 2 is 1.84 bits per heavy atom. The molecule has 2 aromatic carbocycles. The minimum absolute atomic E-state index is 0.0795. The number of benzene rings is 2. The molecule has 1 N–H and O–H groups in total. The number of rotatable bonds is 7. The lowest BCUT2D eigenvalue weighted by Gasteiger charge is -2.26. The number of hydrogen-bond acceptors (Lipinski definition) is 4. The molecular formula is C23H25N7O. The van der Waals surface area contributed by atoms with Crippen LogP contribution in [-0.2, 0) is 13.1 Å². The zero-order chi connectivity index (χ0) is 21.6. The third-order valence-electron chi connectivity index (χ3n) is 5.40. The van der Waals surface area contributed by atoms with Gasteiger partial charge in [0.05, 0.1) is 18.3 Å². The fourth-order valence-corrected chi connectivity index (χ4v) is 3.39. The maximum atomic E-state index is 12.8. The van der Waals surface area contributed by atoms with Crippen molar-refractivity contribution in [2.24, 2.45) is 0 Å². The predicted molar refractivity (Wildman–Crippen MR) is 118 cm³/mol. The second kappa shape index (κ2) is 9.25. The van der Waals surface area contributed by atoms with Crippen molar-refractivity contribution in [3.63, 3.8) is 0 Å². The molecule has 0 fully saturated rings. The summed E-state index contributed by atoms with van der Waals surface area (Å²) in [6, 6.07) is 17.7. The van der Waals surface area contributed by atoms with Crippen LogP contribution in [0, 0.1) is 0 Å². The fraction of sp³-hybridized carbons (Fsp3) is 0.217. The third-order valence-corrected chi connectivity index (χ3v) is 5.40. The van der Waals surface area contributed by atoms with Gasteiger partial charge in [0, 0.05) is 26.0 Å². The molecule has 0 aliphatic rings. The summed E-state index contributed by atoms with van der Waals surface area (Å²) in [7, 11) is 1.81. The number of nitrogens with zero attached hydrogens (tertiary/aromatic N) is 6. The molecule has 1 atom stereocenters. The van der Waals surface area contributed by atoms with E-state index >= 15 is 0 Å². The van der Waals surface area contributed by atoms with Gasteiger partial charge in [-0.3, -0.25) is 4.68 Å². The molecule has 158 valence electrons. The summed E-state index contributed by atoms with van der Waals surface area (Å²) in [5.74, 6) is 0. The zero-order valence-corrected chi connectivity index (χ0v) is 17.6. The van der Waals surface area contributed by atoms with E-state index in [2.05, 4.69) is 26.6 Å². The third kappa shape index (κ3) is 4.80. The van der Waals surface area contributed by atoms with E-state index in [1.54, 1.807) is 29.2 Å². The van der Waals surface area contributed by atoms with Gasteiger partial charge in [0.25, 0.3) is 0 Å².